The number of rotatable bonds is 3. The molecule has 1 aliphatic heterocycles. The van der Waals surface area contributed by atoms with E-state index in [-0.39, 0.29) is 0 Å². The van der Waals surface area contributed by atoms with E-state index in [9.17, 15) is 0 Å². The molecule has 3 rings (SSSR count). The van der Waals surface area contributed by atoms with Gasteiger partial charge in [0.2, 0.25) is 0 Å². The number of hydrogen-bond acceptors (Lipinski definition) is 1. The largest absolute Gasteiger partial charge is 0.373 e. The van der Waals surface area contributed by atoms with E-state index in [2.05, 4.69) is 40.2 Å². The SMILES string of the molecule is Brc1ccc(C2(CC3CO3)CC2)cc1. The summed E-state index contributed by atoms with van der Waals surface area (Å²) in [5.41, 5.74) is 1.97. The van der Waals surface area contributed by atoms with Crippen molar-refractivity contribution in [3.05, 3.63) is 34.3 Å². The smallest absolute Gasteiger partial charge is 0.0818 e. The molecule has 0 spiro atoms. The number of hydrogen-bond donors (Lipinski definition) is 0. The summed E-state index contributed by atoms with van der Waals surface area (Å²) >= 11 is 3.47. The third kappa shape index (κ3) is 1.61. The molecule has 1 aromatic carbocycles. The average molecular weight is 253 g/mol. The highest BCUT2D eigenvalue weighted by Crippen LogP contribution is 2.53. The van der Waals surface area contributed by atoms with Gasteiger partial charge in [0.1, 0.15) is 0 Å². The average Bonchev–Trinajstić information content (AvgIpc) is 3.05. The molecule has 1 saturated heterocycles. The second-order valence-electron chi connectivity index (χ2n) is 4.45. The highest BCUT2D eigenvalue weighted by Gasteiger charge is 2.48. The third-order valence-electron chi connectivity index (χ3n) is 3.33. The Hall–Kier alpha value is -0.340. The lowest BCUT2D eigenvalue weighted by Crippen LogP contribution is -2.09. The summed E-state index contributed by atoms with van der Waals surface area (Å²) in [6, 6.07) is 8.78. The van der Waals surface area contributed by atoms with E-state index < -0.39 is 0 Å². The second kappa shape index (κ2) is 3.07. The Morgan fingerprint density at radius 2 is 1.93 bits per heavy atom. The van der Waals surface area contributed by atoms with Gasteiger partial charge in [0, 0.05) is 4.47 Å². The van der Waals surface area contributed by atoms with Gasteiger partial charge in [-0.05, 0) is 42.4 Å². The van der Waals surface area contributed by atoms with Crippen molar-refractivity contribution in [1.29, 1.82) is 0 Å². The monoisotopic (exact) mass is 252 g/mol. The first-order valence-corrected chi connectivity index (χ1v) is 5.95. The number of benzene rings is 1. The molecule has 0 aromatic heterocycles. The van der Waals surface area contributed by atoms with E-state index in [0.29, 0.717) is 11.5 Å². The molecule has 1 saturated carbocycles. The van der Waals surface area contributed by atoms with Crippen LogP contribution < -0.4 is 0 Å². The zero-order chi connectivity index (χ0) is 9.60. The number of epoxide rings is 1. The summed E-state index contributed by atoms with van der Waals surface area (Å²) in [6.07, 6.45) is 4.47. The van der Waals surface area contributed by atoms with Crippen LogP contribution in [0.3, 0.4) is 0 Å². The van der Waals surface area contributed by atoms with Crippen LogP contribution in [-0.4, -0.2) is 12.7 Å². The van der Waals surface area contributed by atoms with E-state index in [1.54, 1.807) is 0 Å². The lowest BCUT2D eigenvalue weighted by atomic mass is 9.91. The van der Waals surface area contributed by atoms with Gasteiger partial charge in [-0.25, -0.2) is 0 Å². The molecule has 1 atom stereocenters. The van der Waals surface area contributed by atoms with E-state index in [0.717, 1.165) is 6.61 Å². The van der Waals surface area contributed by atoms with Crippen molar-refractivity contribution in [2.24, 2.45) is 0 Å². The molecule has 1 heterocycles. The molecule has 0 N–H and O–H groups in total. The van der Waals surface area contributed by atoms with Crippen molar-refractivity contribution >= 4 is 15.9 Å². The Bertz CT molecular complexity index is 336. The zero-order valence-electron chi connectivity index (χ0n) is 8.00. The summed E-state index contributed by atoms with van der Waals surface area (Å²) in [5.74, 6) is 0. The Kier molecular flexibility index (Phi) is 1.96. The van der Waals surface area contributed by atoms with Gasteiger partial charge in [0.05, 0.1) is 12.7 Å². The minimum atomic E-state index is 0.474. The minimum Gasteiger partial charge on any atom is -0.373 e. The highest BCUT2D eigenvalue weighted by atomic mass is 79.9. The molecule has 2 heteroatoms. The maximum Gasteiger partial charge on any atom is 0.0818 e. The fourth-order valence-electron chi connectivity index (χ4n) is 2.19. The molecule has 74 valence electrons. The van der Waals surface area contributed by atoms with E-state index in [1.807, 2.05) is 0 Å². The van der Waals surface area contributed by atoms with Gasteiger partial charge in [0.15, 0.2) is 0 Å². The van der Waals surface area contributed by atoms with Gasteiger partial charge in [0.25, 0.3) is 0 Å². The molecule has 0 radical (unpaired) electrons. The van der Waals surface area contributed by atoms with Crippen LogP contribution in [0, 0.1) is 0 Å². The van der Waals surface area contributed by atoms with Gasteiger partial charge >= 0.3 is 0 Å². The predicted octanol–water partition coefficient (Wildman–Crippen LogP) is 3.27. The van der Waals surface area contributed by atoms with Crippen LogP contribution in [0.5, 0.6) is 0 Å². The highest BCUT2D eigenvalue weighted by molar-refractivity contribution is 9.10. The van der Waals surface area contributed by atoms with Gasteiger partial charge in [-0.1, -0.05) is 28.1 Å². The van der Waals surface area contributed by atoms with Crippen molar-refractivity contribution in [3.63, 3.8) is 0 Å². The molecule has 2 aliphatic rings. The van der Waals surface area contributed by atoms with Crippen LogP contribution in [0.25, 0.3) is 0 Å². The Morgan fingerprint density at radius 1 is 1.29 bits per heavy atom. The molecule has 1 unspecified atom stereocenters. The summed E-state index contributed by atoms with van der Waals surface area (Å²) in [4.78, 5) is 0. The Labute approximate surface area is 92.6 Å². The van der Waals surface area contributed by atoms with Gasteiger partial charge < -0.3 is 4.74 Å². The molecule has 1 aliphatic carbocycles. The molecule has 14 heavy (non-hydrogen) atoms. The molecule has 0 amide bonds. The van der Waals surface area contributed by atoms with Gasteiger partial charge in [-0.2, -0.15) is 0 Å². The first-order valence-electron chi connectivity index (χ1n) is 5.16. The van der Waals surface area contributed by atoms with E-state index in [1.165, 1.54) is 29.3 Å². The summed E-state index contributed by atoms with van der Waals surface area (Å²) < 4.78 is 6.49. The van der Waals surface area contributed by atoms with Crippen LogP contribution in [0.15, 0.2) is 28.7 Å². The predicted molar refractivity (Wildman–Crippen MR) is 59.4 cm³/mol. The first kappa shape index (κ1) is 8.93. The number of halogens is 1. The quantitative estimate of drug-likeness (QED) is 0.753. The van der Waals surface area contributed by atoms with Crippen molar-refractivity contribution in [2.45, 2.75) is 30.8 Å². The van der Waals surface area contributed by atoms with E-state index in [4.69, 9.17) is 4.74 Å². The van der Waals surface area contributed by atoms with Crippen molar-refractivity contribution in [1.82, 2.24) is 0 Å². The lowest BCUT2D eigenvalue weighted by Gasteiger charge is -2.13. The van der Waals surface area contributed by atoms with E-state index >= 15 is 0 Å². The first-order chi connectivity index (χ1) is 6.78. The van der Waals surface area contributed by atoms with Crippen LogP contribution >= 0.6 is 15.9 Å². The standard InChI is InChI=1S/C12H13BrO/c13-10-3-1-9(2-4-10)12(5-6-12)7-11-8-14-11/h1-4,11H,5-8H2. The maximum absolute atomic E-state index is 5.32. The Morgan fingerprint density at radius 3 is 2.43 bits per heavy atom. The normalized spacial score (nSPS) is 27.4. The van der Waals surface area contributed by atoms with Crippen LogP contribution in [0.1, 0.15) is 24.8 Å². The van der Waals surface area contributed by atoms with Crippen LogP contribution in [0.2, 0.25) is 0 Å². The Balaban J connectivity index is 1.82. The van der Waals surface area contributed by atoms with Gasteiger partial charge in [-0.3, -0.25) is 0 Å². The minimum absolute atomic E-state index is 0.474. The fraction of sp³-hybridized carbons (Fsp3) is 0.500. The van der Waals surface area contributed by atoms with Crippen LogP contribution in [0.4, 0.5) is 0 Å². The molecular weight excluding hydrogens is 240 g/mol. The lowest BCUT2D eigenvalue weighted by molar-refractivity contribution is 0.375. The van der Waals surface area contributed by atoms with Crippen molar-refractivity contribution < 1.29 is 4.74 Å². The summed E-state index contributed by atoms with van der Waals surface area (Å²) in [7, 11) is 0. The van der Waals surface area contributed by atoms with Crippen molar-refractivity contribution in [3.8, 4) is 0 Å². The molecule has 0 bridgehead atoms. The molecular formula is C12H13BrO. The van der Waals surface area contributed by atoms with Crippen LogP contribution in [-0.2, 0) is 10.2 Å². The molecule has 1 aromatic rings. The topological polar surface area (TPSA) is 12.5 Å². The zero-order valence-corrected chi connectivity index (χ0v) is 9.59. The second-order valence-corrected chi connectivity index (χ2v) is 5.36. The summed E-state index contributed by atoms with van der Waals surface area (Å²) in [5, 5.41) is 0. The third-order valence-corrected chi connectivity index (χ3v) is 3.86. The number of ether oxygens (including phenoxy) is 1. The maximum atomic E-state index is 5.32. The van der Waals surface area contributed by atoms with Gasteiger partial charge in [-0.15, -0.1) is 0 Å². The fourth-order valence-corrected chi connectivity index (χ4v) is 2.45. The van der Waals surface area contributed by atoms with Crippen molar-refractivity contribution in [2.75, 3.05) is 6.61 Å². The molecule has 2 fully saturated rings. The molecule has 1 nitrogen and oxygen atoms in total. The summed E-state index contributed by atoms with van der Waals surface area (Å²) in [6.45, 7) is 0.984.